The maximum atomic E-state index is 8.51. The molecule has 16 heavy (non-hydrogen) atoms. The number of rotatable bonds is 7. The maximum Gasteiger partial charge on any atom is 0.148 e. The second kappa shape index (κ2) is 6.94. The van der Waals surface area contributed by atoms with Crippen LogP contribution in [0, 0.1) is 6.92 Å². The molecule has 0 spiro atoms. The van der Waals surface area contributed by atoms with Crippen LogP contribution in [0.25, 0.3) is 0 Å². The van der Waals surface area contributed by atoms with Crippen LogP contribution < -0.4 is 16.6 Å². The summed E-state index contributed by atoms with van der Waals surface area (Å²) in [4.78, 5) is 8.05. The Bertz CT molecular complexity index is 321. The summed E-state index contributed by atoms with van der Waals surface area (Å²) in [6.07, 6.45) is 1.43. The van der Waals surface area contributed by atoms with E-state index < -0.39 is 0 Å². The number of nitrogens with two attached hydrogens (primary N) is 1. The predicted molar refractivity (Wildman–Crippen MR) is 61.0 cm³/mol. The highest BCUT2D eigenvalue weighted by molar-refractivity contribution is 5.55. The van der Waals surface area contributed by atoms with Crippen molar-refractivity contribution in [2.75, 3.05) is 37.1 Å². The Morgan fingerprint density at radius 3 is 2.81 bits per heavy atom. The summed E-state index contributed by atoms with van der Waals surface area (Å²) in [6, 6.07) is 0. The molecule has 90 valence electrons. The van der Waals surface area contributed by atoms with E-state index in [0.29, 0.717) is 25.6 Å². The van der Waals surface area contributed by atoms with Crippen LogP contribution in [0.2, 0.25) is 0 Å². The lowest BCUT2D eigenvalue weighted by atomic mass is 10.3. The van der Waals surface area contributed by atoms with E-state index in [4.69, 9.17) is 15.7 Å². The Balaban J connectivity index is 2.41. The van der Waals surface area contributed by atoms with Crippen LogP contribution in [0.4, 0.5) is 11.6 Å². The molecule has 7 heteroatoms. The fraction of sp³-hybridized carbons (Fsp3) is 0.556. The minimum Gasteiger partial charge on any atom is -0.394 e. The second-order valence-electron chi connectivity index (χ2n) is 3.10. The van der Waals surface area contributed by atoms with Crippen LogP contribution >= 0.6 is 0 Å². The lowest BCUT2D eigenvalue weighted by Crippen LogP contribution is -2.15. The topological polar surface area (TPSA) is 105 Å². The Morgan fingerprint density at radius 1 is 1.38 bits per heavy atom. The van der Waals surface area contributed by atoms with Crippen molar-refractivity contribution in [1.29, 1.82) is 0 Å². The number of ether oxygens (including phenoxy) is 1. The van der Waals surface area contributed by atoms with Crippen molar-refractivity contribution in [2.45, 2.75) is 6.92 Å². The van der Waals surface area contributed by atoms with Gasteiger partial charge in [0.25, 0.3) is 0 Å². The fourth-order valence-corrected chi connectivity index (χ4v) is 1.18. The summed E-state index contributed by atoms with van der Waals surface area (Å²) in [5.41, 5.74) is 3.34. The van der Waals surface area contributed by atoms with Crippen molar-refractivity contribution in [3.8, 4) is 0 Å². The fourth-order valence-electron chi connectivity index (χ4n) is 1.18. The molecule has 1 heterocycles. The number of aliphatic hydroxyl groups excluding tert-OH is 1. The molecule has 0 saturated heterocycles. The highest BCUT2D eigenvalue weighted by Gasteiger charge is 2.04. The number of anilines is 2. The third kappa shape index (κ3) is 3.61. The molecule has 0 aliphatic carbocycles. The van der Waals surface area contributed by atoms with Gasteiger partial charge in [-0.15, -0.1) is 0 Å². The predicted octanol–water partition coefficient (Wildman–Crippen LogP) is -0.509. The smallest absolute Gasteiger partial charge is 0.148 e. The average molecular weight is 227 g/mol. The number of hydrogen-bond acceptors (Lipinski definition) is 7. The van der Waals surface area contributed by atoms with Gasteiger partial charge in [0.1, 0.15) is 18.0 Å². The summed E-state index contributed by atoms with van der Waals surface area (Å²) in [7, 11) is 0. The van der Waals surface area contributed by atoms with Gasteiger partial charge in [-0.3, -0.25) is 0 Å². The van der Waals surface area contributed by atoms with Gasteiger partial charge in [-0.25, -0.2) is 15.8 Å². The largest absolute Gasteiger partial charge is 0.394 e. The number of nitrogen functional groups attached to an aromatic ring is 1. The summed E-state index contributed by atoms with van der Waals surface area (Å²) in [5.74, 6) is 6.60. The summed E-state index contributed by atoms with van der Waals surface area (Å²) in [5, 5.41) is 11.6. The zero-order valence-corrected chi connectivity index (χ0v) is 9.23. The van der Waals surface area contributed by atoms with Crippen molar-refractivity contribution in [3.63, 3.8) is 0 Å². The monoisotopic (exact) mass is 227 g/mol. The second-order valence-corrected chi connectivity index (χ2v) is 3.10. The first kappa shape index (κ1) is 12.6. The number of aromatic nitrogens is 2. The molecule has 0 unspecified atom stereocenters. The lowest BCUT2D eigenvalue weighted by molar-refractivity contribution is 0.0992. The van der Waals surface area contributed by atoms with Gasteiger partial charge < -0.3 is 20.6 Å². The molecule has 1 aromatic rings. The molecular weight excluding hydrogens is 210 g/mol. The molecule has 0 saturated carbocycles. The first-order valence-electron chi connectivity index (χ1n) is 5.00. The summed E-state index contributed by atoms with van der Waals surface area (Å²) < 4.78 is 5.10. The molecule has 1 rings (SSSR count). The summed E-state index contributed by atoms with van der Waals surface area (Å²) in [6.45, 7) is 3.37. The van der Waals surface area contributed by atoms with Crippen LogP contribution in [-0.4, -0.2) is 41.4 Å². The third-order valence-electron chi connectivity index (χ3n) is 2.00. The molecule has 0 aromatic carbocycles. The molecule has 0 bridgehead atoms. The first-order chi connectivity index (χ1) is 7.79. The van der Waals surface area contributed by atoms with Crippen molar-refractivity contribution in [1.82, 2.24) is 9.97 Å². The number of aliphatic hydroxyl groups is 1. The van der Waals surface area contributed by atoms with E-state index in [-0.39, 0.29) is 6.61 Å². The van der Waals surface area contributed by atoms with Gasteiger partial charge in [-0.1, -0.05) is 0 Å². The molecule has 0 amide bonds. The van der Waals surface area contributed by atoms with E-state index in [2.05, 4.69) is 20.7 Å². The van der Waals surface area contributed by atoms with Crippen LogP contribution in [0.1, 0.15) is 5.56 Å². The van der Waals surface area contributed by atoms with Gasteiger partial charge in [0.15, 0.2) is 0 Å². The maximum absolute atomic E-state index is 8.51. The van der Waals surface area contributed by atoms with Crippen molar-refractivity contribution < 1.29 is 9.84 Å². The molecule has 0 fully saturated rings. The number of nitrogens with one attached hydrogen (secondary N) is 2. The van der Waals surface area contributed by atoms with Crippen molar-refractivity contribution >= 4 is 11.6 Å². The van der Waals surface area contributed by atoms with Crippen molar-refractivity contribution in [2.24, 2.45) is 5.84 Å². The Kier molecular flexibility index (Phi) is 5.48. The van der Waals surface area contributed by atoms with E-state index in [0.717, 1.165) is 11.4 Å². The Labute approximate surface area is 94.0 Å². The van der Waals surface area contributed by atoms with Crippen LogP contribution in [0.3, 0.4) is 0 Å². The number of hydrazine groups is 1. The van der Waals surface area contributed by atoms with Gasteiger partial charge in [-0.2, -0.15) is 0 Å². The molecule has 7 nitrogen and oxygen atoms in total. The zero-order chi connectivity index (χ0) is 11.8. The summed E-state index contributed by atoms with van der Waals surface area (Å²) >= 11 is 0. The van der Waals surface area contributed by atoms with Gasteiger partial charge in [0.05, 0.1) is 19.8 Å². The molecule has 0 aliphatic rings. The van der Waals surface area contributed by atoms with E-state index in [1.54, 1.807) is 0 Å². The molecule has 0 aliphatic heterocycles. The van der Waals surface area contributed by atoms with Crippen molar-refractivity contribution in [3.05, 3.63) is 11.9 Å². The minimum atomic E-state index is 0.0355. The van der Waals surface area contributed by atoms with E-state index in [9.17, 15) is 0 Å². The lowest BCUT2D eigenvalue weighted by Gasteiger charge is -2.10. The van der Waals surface area contributed by atoms with Crippen LogP contribution in [0.15, 0.2) is 6.33 Å². The Hall–Kier alpha value is -1.44. The van der Waals surface area contributed by atoms with Crippen LogP contribution in [0.5, 0.6) is 0 Å². The van der Waals surface area contributed by atoms with Gasteiger partial charge in [-0.05, 0) is 6.92 Å². The molecule has 1 aromatic heterocycles. The SMILES string of the molecule is Cc1c(NN)ncnc1NCCOCCO. The zero-order valence-electron chi connectivity index (χ0n) is 9.23. The Morgan fingerprint density at radius 2 is 2.12 bits per heavy atom. The van der Waals surface area contributed by atoms with E-state index in [1.807, 2.05) is 6.92 Å². The molecule has 5 N–H and O–H groups in total. The van der Waals surface area contributed by atoms with Gasteiger partial charge in [0, 0.05) is 12.1 Å². The third-order valence-corrected chi connectivity index (χ3v) is 2.00. The molecular formula is C9H17N5O2. The molecule has 0 radical (unpaired) electrons. The van der Waals surface area contributed by atoms with Gasteiger partial charge in [0.2, 0.25) is 0 Å². The standard InChI is InChI=1S/C9H17N5O2/c1-7-8(11-2-4-16-5-3-15)12-6-13-9(7)14-10/h6,15H,2-5,10H2,1H3,(H2,11,12,13,14). The highest BCUT2D eigenvalue weighted by atomic mass is 16.5. The normalized spacial score (nSPS) is 10.2. The first-order valence-corrected chi connectivity index (χ1v) is 5.00. The number of nitrogens with zero attached hydrogens (tertiary/aromatic N) is 2. The minimum absolute atomic E-state index is 0.0355. The van der Waals surface area contributed by atoms with Crippen LogP contribution in [-0.2, 0) is 4.74 Å². The highest BCUT2D eigenvalue weighted by Crippen LogP contribution is 2.16. The quantitative estimate of drug-likeness (QED) is 0.282. The average Bonchev–Trinajstić information content (AvgIpc) is 2.31. The molecule has 0 atom stereocenters. The van der Waals surface area contributed by atoms with E-state index >= 15 is 0 Å². The van der Waals surface area contributed by atoms with Gasteiger partial charge >= 0.3 is 0 Å². The van der Waals surface area contributed by atoms with E-state index in [1.165, 1.54) is 6.33 Å². The number of hydrogen-bond donors (Lipinski definition) is 4.